The molecule has 126 valence electrons. The summed E-state index contributed by atoms with van der Waals surface area (Å²) in [6, 6.07) is 9.61. The Morgan fingerprint density at radius 1 is 1.30 bits per heavy atom. The van der Waals surface area contributed by atoms with Crippen LogP contribution in [0.1, 0.15) is 25.7 Å². The molecule has 0 spiro atoms. The van der Waals surface area contributed by atoms with Gasteiger partial charge in [-0.1, -0.05) is 18.2 Å². The van der Waals surface area contributed by atoms with Crippen molar-refractivity contribution in [3.63, 3.8) is 0 Å². The first-order chi connectivity index (χ1) is 10.7. The van der Waals surface area contributed by atoms with Crippen molar-refractivity contribution in [2.45, 2.75) is 37.8 Å². The normalized spacial score (nSPS) is 23.7. The summed E-state index contributed by atoms with van der Waals surface area (Å²) in [5, 5.41) is 3.34. The van der Waals surface area contributed by atoms with Gasteiger partial charge in [-0.2, -0.15) is 0 Å². The fourth-order valence-electron chi connectivity index (χ4n) is 3.35. The third-order valence-electron chi connectivity index (χ3n) is 4.69. The number of nitrogens with one attached hydrogen (secondary N) is 1. The molecule has 1 N–H and O–H groups in total. The van der Waals surface area contributed by atoms with Gasteiger partial charge in [0.2, 0.25) is 11.8 Å². The molecule has 23 heavy (non-hydrogen) atoms. The van der Waals surface area contributed by atoms with E-state index in [-0.39, 0.29) is 36.3 Å². The van der Waals surface area contributed by atoms with Crippen molar-refractivity contribution >= 4 is 29.9 Å². The van der Waals surface area contributed by atoms with Gasteiger partial charge in [-0.15, -0.1) is 12.4 Å². The number of benzene rings is 1. The lowest BCUT2D eigenvalue weighted by atomic mass is 10.1. The fourth-order valence-corrected chi connectivity index (χ4v) is 3.35. The number of amides is 2. The van der Waals surface area contributed by atoms with Crippen LogP contribution in [-0.2, 0) is 9.59 Å². The molecule has 2 heterocycles. The fraction of sp³-hybridized carbons (Fsp3) is 0.529. The van der Waals surface area contributed by atoms with Crippen molar-refractivity contribution in [3.05, 3.63) is 30.3 Å². The van der Waals surface area contributed by atoms with Gasteiger partial charge in [0.15, 0.2) is 0 Å². The summed E-state index contributed by atoms with van der Waals surface area (Å²) in [7, 11) is 1.76. The molecule has 2 unspecified atom stereocenters. The van der Waals surface area contributed by atoms with Crippen molar-refractivity contribution in [1.29, 1.82) is 0 Å². The van der Waals surface area contributed by atoms with Gasteiger partial charge in [-0.25, -0.2) is 0 Å². The highest BCUT2D eigenvalue weighted by Gasteiger charge is 2.37. The maximum absolute atomic E-state index is 12.6. The zero-order valence-corrected chi connectivity index (χ0v) is 14.2. The minimum atomic E-state index is -0.325. The van der Waals surface area contributed by atoms with Crippen molar-refractivity contribution in [2.75, 3.05) is 25.0 Å². The lowest BCUT2D eigenvalue weighted by Gasteiger charge is -2.25. The number of halogens is 1. The number of hydrogen-bond donors (Lipinski definition) is 1. The Morgan fingerprint density at radius 2 is 2.04 bits per heavy atom. The Morgan fingerprint density at radius 3 is 2.70 bits per heavy atom. The Bertz CT molecular complexity index is 546. The van der Waals surface area contributed by atoms with Crippen LogP contribution < -0.4 is 10.2 Å². The van der Waals surface area contributed by atoms with E-state index < -0.39 is 0 Å². The molecule has 3 rings (SSSR count). The van der Waals surface area contributed by atoms with Gasteiger partial charge in [0.25, 0.3) is 0 Å². The molecule has 1 aromatic carbocycles. The summed E-state index contributed by atoms with van der Waals surface area (Å²) in [6.07, 6.45) is 3.37. The van der Waals surface area contributed by atoms with Crippen molar-refractivity contribution in [2.24, 2.45) is 0 Å². The molecule has 0 bridgehead atoms. The molecule has 2 saturated heterocycles. The zero-order chi connectivity index (χ0) is 15.5. The summed E-state index contributed by atoms with van der Waals surface area (Å²) in [5.41, 5.74) is 0.910. The van der Waals surface area contributed by atoms with E-state index in [0.29, 0.717) is 19.4 Å². The molecule has 2 fully saturated rings. The first-order valence-corrected chi connectivity index (χ1v) is 8.02. The Labute approximate surface area is 143 Å². The molecule has 0 saturated carbocycles. The second kappa shape index (κ2) is 7.79. The number of carbonyl (C=O) groups excluding carboxylic acids is 2. The van der Waals surface area contributed by atoms with Crippen LogP contribution >= 0.6 is 12.4 Å². The van der Waals surface area contributed by atoms with Crippen molar-refractivity contribution in [3.8, 4) is 0 Å². The standard InChI is InChI=1S/C17H23N3O2.ClH/c1-19(16(21)12-13-6-5-10-18-13)15-9-11-20(17(15)22)14-7-3-2-4-8-14;/h2-4,7-8,13,15,18H,5-6,9-12H2,1H3;1H. The number of rotatable bonds is 4. The van der Waals surface area contributed by atoms with Gasteiger partial charge < -0.3 is 15.1 Å². The average molecular weight is 338 g/mol. The first-order valence-electron chi connectivity index (χ1n) is 8.02. The summed E-state index contributed by atoms with van der Waals surface area (Å²) >= 11 is 0. The number of para-hydroxylation sites is 1. The lowest BCUT2D eigenvalue weighted by molar-refractivity contribution is -0.137. The van der Waals surface area contributed by atoms with E-state index in [0.717, 1.165) is 25.1 Å². The number of carbonyl (C=O) groups is 2. The highest BCUT2D eigenvalue weighted by Crippen LogP contribution is 2.24. The minimum absolute atomic E-state index is 0. The van der Waals surface area contributed by atoms with Crippen molar-refractivity contribution < 1.29 is 9.59 Å². The summed E-state index contributed by atoms with van der Waals surface area (Å²) in [4.78, 5) is 28.4. The van der Waals surface area contributed by atoms with Crippen LogP contribution in [0.3, 0.4) is 0 Å². The van der Waals surface area contributed by atoms with E-state index in [1.54, 1.807) is 16.8 Å². The molecule has 0 aliphatic carbocycles. The van der Waals surface area contributed by atoms with Gasteiger partial charge in [0.1, 0.15) is 6.04 Å². The molecule has 2 atom stereocenters. The molecule has 2 amide bonds. The van der Waals surface area contributed by atoms with Crippen LogP contribution in [0.5, 0.6) is 0 Å². The average Bonchev–Trinajstić information content (AvgIpc) is 3.17. The third kappa shape index (κ3) is 3.85. The third-order valence-corrected chi connectivity index (χ3v) is 4.69. The molecular weight excluding hydrogens is 314 g/mol. The minimum Gasteiger partial charge on any atom is -0.334 e. The van der Waals surface area contributed by atoms with E-state index in [9.17, 15) is 9.59 Å². The van der Waals surface area contributed by atoms with Gasteiger partial charge in [0, 0.05) is 31.7 Å². The maximum atomic E-state index is 12.6. The summed E-state index contributed by atoms with van der Waals surface area (Å²) < 4.78 is 0. The summed E-state index contributed by atoms with van der Waals surface area (Å²) in [6.45, 7) is 1.67. The Balaban J connectivity index is 0.00000192. The van der Waals surface area contributed by atoms with Crippen LogP contribution in [-0.4, -0.2) is 48.9 Å². The van der Waals surface area contributed by atoms with Gasteiger partial charge in [-0.05, 0) is 37.9 Å². The molecule has 6 heteroatoms. The molecule has 2 aliphatic heterocycles. The molecule has 2 aliphatic rings. The molecular formula is C17H24ClN3O2. The summed E-state index contributed by atoms with van der Waals surface area (Å²) in [5.74, 6) is 0.0918. The van der Waals surface area contributed by atoms with E-state index in [1.165, 1.54) is 0 Å². The van der Waals surface area contributed by atoms with Crippen LogP contribution in [0.25, 0.3) is 0 Å². The number of likely N-dealkylation sites (N-methyl/N-ethyl adjacent to an activating group) is 1. The van der Waals surface area contributed by atoms with Crippen molar-refractivity contribution in [1.82, 2.24) is 10.2 Å². The van der Waals surface area contributed by atoms with E-state index >= 15 is 0 Å². The van der Waals surface area contributed by atoms with Crippen LogP contribution in [0.4, 0.5) is 5.69 Å². The number of nitrogens with zero attached hydrogens (tertiary/aromatic N) is 2. The van der Waals surface area contributed by atoms with Crippen LogP contribution in [0.15, 0.2) is 30.3 Å². The molecule has 0 radical (unpaired) electrons. The number of hydrogen-bond acceptors (Lipinski definition) is 3. The maximum Gasteiger partial charge on any atom is 0.249 e. The van der Waals surface area contributed by atoms with Gasteiger partial charge in [0.05, 0.1) is 0 Å². The second-order valence-electron chi connectivity index (χ2n) is 6.13. The van der Waals surface area contributed by atoms with E-state index in [2.05, 4.69) is 5.32 Å². The monoisotopic (exact) mass is 337 g/mol. The number of anilines is 1. The Hall–Kier alpha value is -1.59. The Kier molecular flexibility index (Phi) is 6.02. The van der Waals surface area contributed by atoms with Crippen LogP contribution in [0.2, 0.25) is 0 Å². The van der Waals surface area contributed by atoms with E-state index in [4.69, 9.17) is 0 Å². The highest BCUT2D eigenvalue weighted by molar-refractivity contribution is 6.01. The van der Waals surface area contributed by atoms with Gasteiger partial charge >= 0.3 is 0 Å². The SMILES string of the molecule is CN(C(=O)CC1CCCN1)C1CCN(c2ccccc2)C1=O.Cl. The smallest absolute Gasteiger partial charge is 0.249 e. The lowest BCUT2D eigenvalue weighted by Crippen LogP contribution is -2.44. The predicted octanol–water partition coefficient (Wildman–Crippen LogP) is 1.81. The predicted molar refractivity (Wildman–Crippen MR) is 92.9 cm³/mol. The largest absolute Gasteiger partial charge is 0.334 e. The molecule has 5 nitrogen and oxygen atoms in total. The zero-order valence-electron chi connectivity index (χ0n) is 13.4. The quantitative estimate of drug-likeness (QED) is 0.911. The molecule has 1 aromatic rings. The van der Waals surface area contributed by atoms with Crippen LogP contribution in [0, 0.1) is 0 Å². The first kappa shape index (κ1) is 17.8. The van der Waals surface area contributed by atoms with E-state index in [1.807, 2.05) is 30.3 Å². The topological polar surface area (TPSA) is 52.7 Å². The van der Waals surface area contributed by atoms with Gasteiger partial charge in [-0.3, -0.25) is 9.59 Å². The molecule has 0 aromatic heterocycles. The highest BCUT2D eigenvalue weighted by atomic mass is 35.5. The second-order valence-corrected chi connectivity index (χ2v) is 6.13.